The monoisotopic (exact) mass is 520 g/mol. The van der Waals surface area contributed by atoms with Crippen LogP contribution in [0.15, 0.2) is 36.7 Å². The van der Waals surface area contributed by atoms with Gasteiger partial charge in [0.05, 0.1) is 0 Å². The van der Waals surface area contributed by atoms with E-state index < -0.39 is 0 Å². The fraction of sp³-hybridized carbons (Fsp3) is 0.517. The number of nitrogens with zero attached hydrogens (tertiary/aromatic N) is 4. The zero-order valence-electron chi connectivity index (χ0n) is 22.6. The molecule has 2 aliphatic heterocycles. The summed E-state index contributed by atoms with van der Waals surface area (Å²) in [7, 11) is 2.20. The van der Waals surface area contributed by atoms with Crippen LogP contribution in [0.4, 0.5) is 4.79 Å². The Morgan fingerprint density at radius 3 is 2.70 bits per heavy atom. The van der Waals surface area contributed by atoms with Gasteiger partial charge in [-0.2, -0.15) is 0 Å². The van der Waals surface area contributed by atoms with Gasteiger partial charge in [-0.05, 0) is 57.0 Å². The summed E-state index contributed by atoms with van der Waals surface area (Å²) >= 11 is 1.87. The van der Waals surface area contributed by atoms with Crippen LogP contribution >= 0.6 is 11.3 Å². The van der Waals surface area contributed by atoms with Crippen LogP contribution in [0, 0.1) is 0 Å². The largest absolute Gasteiger partial charge is 0.346 e. The van der Waals surface area contributed by atoms with E-state index in [4.69, 9.17) is 4.98 Å². The summed E-state index contributed by atoms with van der Waals surface area (Å²) in [6.45, 7) is 12.6. The van der Waals surface area contributed by atoms with Gasteiger partial charge >= 0.3 is 6.03 Å². The van der Waals surface area contributed by atoms with Crippen molar-refractivity contribution in [2.45, 2.75) is 58.7 Å². The van der Waals surface area contributed by atoms with Crippen molar-refractivity contribution in [3.05, 3.63) is 47.1 Å². The fourth-order valence-electron chi connectivity index (χ4n) is 5.42. The first-order chi connectivity index (χ1) is 17.9. The minimum atomic E-state index is 0.0458. The van der Waals surface area contributed by atoms with Crippen LogP contribution < -0.4 is 5.32 Å². The van der Waals surface area contributed by atoms with Gasteiger partial charge in [0, 0.05) is 90.0 Å². The number of amides is 2. The molecule has 2 aliphatic rings. The summed E-state index contributed by atoms with van der Waals surface area (Å²) in [6.07, 6.45) is 9.05. The standard InChI is InChI=1S/C29H40N6OS/c1-5-23(6-2)32-29(36)35-10-9-21(15-20(35)3)26-18-31-28-25(26)16-22(17-30-28)27-8-7-24(37-27)19-34-13-11-33(4)12-14-34/h7-8,15-18,20,23H,5-6,9-14,19H2,1-4H3,(H,30,31)(H,32,36). The molecule has 2 amide bonds. The number of H-pyrrole nitrogens is 1. The summed E-state index contributed by atoms with van der Waals surface area (Å²) in [5, 5.41) is 4.34. The van der Waals surface area contributed by atoms with Gasteiger partial charge in [0.15, 0.2) is 0 Å². The Balaban J connectivity index is 1.32. The highest BCUT2D eigenvalue weighted by Crippen LogP contribution is 2.35. The molecule has 1 saturated heterocycles. The minimum Gasteiger partial charge on any atom is -0.346 e. The van der Waals surface area contributed by atoms with Crippen molar-refractivity contribution < 1.29 is 4.79 Å². The number of rotatable bonds is 7. The van der Waals surface area contributed by atoms with E-state index >= 15 is 0 Å². The average Bonchev–Trinajstić information content (AvgIpc) is 3.55. The molecule has 5 rings (SSSR count). The predicted molar refractivity (Wildman–Crippen MR) is 154 cm³/mol. The third-order valence-corrected chi connectivity index (χ3v) is 9.05. The average molecular weight is 521 g/mol. The van der Waals surface area contributed by atoms with Gasteiger partial charge in [0.2, 0.25) is 0 Å². The number of fused-ring (bicyclic) bond motifs is 1. The topological polar surface area (TPSA) is 67.5 Å². The second kappa shape index (κ2) is 11.4. The molecule has 0 radical (unpaired) electrons. The van der Waals surface area contributed by atoms with Crippen LogP contribution in [0.2, 0.25) is 0 Å². The fourth-order valence-corrected chi connectivity index (χ4v) is 6.45. The third-order valence-electron chi connectivity index (χ3n) is 7.93. The molecule has 0 saturated carbocycles. The van der Waals surface area contributed by atoms with Crippen molar-refractivity contribution in [3.8, 4) is 10.4 Å². The Labute approximate surface area is 224 Å². The number of carbonyl (C=O) groups is 1. The maximum Gasteiger partial charge on any atom is 0.318 e. The van der Waals surface area contributed by atoms with Crippen molar-refractivity contribution in [2.24, 2.45) is 0 Å². The van der Waals surface area contributed by atoms with E-state index in [0.29, 0.717) is 0 Å². The highest BCUT2D eigenvalue weighted by atomic mass is 32.1. The number of aromatic amines is 1. The van der Waals surface area contributed by atoms with Gasteiger partial charge in [-0.25, -0.2) is 9.78 Å². The van der Waals surface area contributed by atoms with Gasteiger partial charge < -0.3 is 20.1 Å². The number of carbonyl (C=O) groups excluding carboxylic acids is 1. The Hall–Kier alpha value is -2.68. The molecule has 0 aliphatic carbocycles. The molecule has 0 bridgehead atoms. The van der Waals surface area contributed by atoms with Crippen LogP contribution in [0.1, 0.15) is 50.5 Å². The molecular formula is C29H40N6OS. The van der Waals surface area contributed by atoms with E-state index in [1.54, 1.807) is 0 Å². The van der Waals surface area contributed by atoms with Crippen molar-refractivity contribution in [1.82, 2.24) is 30.0 Å². The van der Waals surface area contributed by atoms with E-state index in [2.05, 4.69) is 78.4 Å². The lowest BCUT2D eigenvalue weighted by molar-refractivity contribution is 0.149. The summed E-state index contributed by atoms with van der Waals surface area (Å²) in [4.78, 5) is 30.5. The lowest BCUT2D eigenvalue weighted by Gasteiger charge is -2.33. The summed E-state index contributed by atoms with van der Waals surface area (Å²) in [5.41, 5.74) is 4.56. The van der Waals surface area contributed by atoms with E-state index in [1.165, 1.54) is 26.5 Å². The summed E-state index contributed by atoms with van der Waals surface area (Å²) in [5.74, 6) is 0. The van der Waals surface area contributed by atoms with Crippen LogP contribution in [0.3, 0.4) is 0 Å². The molecule has 1 fully saturated rings. The van der Waals surface area contributed by atoms with E-state index in [0.717, 1.165) is 69.6 Å². The van der Waals surface area contributed by atoms with Crippen LogP contribution in [-0.2, 0) is 6.54 Å². The van der Waals surface area contributed by atoms with Gasteiger partial charge in [-0.15, -0.1) is 11.3 Å². The van der Waals surface area contributed by atoms with Gasteiger partial charge in [-0.1, -0.05) is 19.9 Å². The number of likely N-dealkylation sites (N-methyl/N-ethyl adjacent to an activating group) is 1. The SMILES string of the molecule is CCC(CC)NC(=O)N1CCC(c2c[nH]c3ncc(-c4ccc(CN5CCN(C)CC5)s4)cc23)=CC1C. The first-order valence-corrected chi connectivity index (χ1v) is 14.5. The van der Waals surface area contributed by atoms with Crippen molar-refractivity contribution in [2.75, 3.05) is 39.8 Å². The molecule has 0 spiro atoms. The number of piperazine rings is 1. The highest BCUT2D eigenvalue weighted by Gasteiger charge is 2.26. The number of hydrogen-bond acceptors (Lipinski definition) is 5. The molecular weight excluding hydrogens is 480 g/mol. The summed E-state index contributed by atoms with van der Waals surface area (Å²) in [6, 6.07) is 7.12. The van der Waals surface area contributed by atoms with Crippen molar-refractivity contribution in [1.29, 1.82) is 0 Å². The Morgan fingerprint density at radius 1 is 1.19 bits per heavy atom. The Morgan fingerprint density at radius 2 is 1.97 bits per heavy atom. The second-order valence-corrected chi connectivity index (χ2v) is 11.7. The van der Waals surface area contributed by atoms with Gasteiger partial charge in [0.25, 0.3) is 0 Å². The zero-order chi connectivity index (χ0) is 25.9. The van der Waals surface area contributed by atoms with E-state index in [-0.39, 0.29) is 18.1 Å². The van der Waals surface area contributed by atoms with Crippen LogP contribution in [0.5, 0.6) is 0 Å². The smallest absolute Gasteiger partial charge is 0.318 e. The number of thiophene rings is 1. The second-order valence-electron chi connectivity index (χ2n) is 10.5. The zero-order valence-corrected chi connectivity index (χ0v) is 23.4. The normalized spacial score (nSPS) is 19.5. The molecule has 5 heterocycles. The maximum absolute atomic E-state index is 12.9. The first-order valence-electron chi connectivity index (χ1n) is 13.7. The number of pyridine rings is 1. The maximum atomic E-state index is 12.9. The summed E-state index contributed by atoms with van der Waals surface area (Å²) < 4.78 is 0. The molecule has 8 heteroatoms. The molecule has 37 heavy (non-hydrogen) atoms. The molecule has 1 atom stereocenters. The Bertz CT molecular complexity index is 1250. The number of aromatic nitrogens is 2. The third kappa shape index (κ3) is 5.76. The number of nitrogens with one attached hydrogen (secondary N) is 2. The first kappa shape index (κ1) is 25.9. The van der Waals surface area contributed by atoms with Crippen LogP contribution in [0.25, 0.3) is 27.0 Å². The highest BCUT2D eigenvalue weighted by molar-refractivity contribution is 7.15. The van der Waals surface area contributed by atoms with Crippen LogP contribution in [-0.4, -0.2) is 82.6 Å². The van der Waals surface area contributed by atoms with E-state index in [9.17, 15) is 4.79 Å². The lowest BCUT2D eigenvalue weighted by Crippen LogP contribution is -2.49. The quantitative estimate of drug-likeness (QED) is 0.437. The number of hydrogen-bond donors (Lipinski definition) is 2. The Kier molecular flexibility index (Phi) is 7.98. The van der Waals surface area contributed by atoms with Crippen molar-refractivity contribution in [3.63, 3.8) is 0 Å². The van der Waals surface area contributed by atoms with Gasteiger partial charge in [0.1, 0.15) is 5.65 Å². The lowest BCUT2D eigenvalue weighted by atomic mass is 9.96. The predicted octanol–water partition coefficient (Wildman–Crippen LogP) is 5.41. The number of urea groups is 1. The molecule has 198 valence electrons. The molecule has 1 unspecified atom stereocenters. The van der Waals surface area contributed by atoms with Gasteiger partial charge in [-0.3, -0.25) is 4.90 Å². The molecule has 0 aromatic carbocycles. The molecule has 2 N–H and O–H groups in total. The molecule has 3 aromatic rings. The van der Waals surface area contributed by atoms with Crippen molar-refractivity contribution >= 4 is 34.0 Å². The molecule has 7 nitrogen and oxygen atoms in total. The van der Waals surface area contributed by atoms with E-state index in [1.807, 2.05) is 22.4 Å². The molecule has 3 aromatic heterocycles. The minimum absolute atomic E-state index is 0.0458.